The molecule has 8 heteroatoms. The van der Waals surface area contributed by atoms with Crippen LogP contribution in [0.2, 0.25) is 0 Å². The van der Waals surface area contributed by atoms with E-state index in [1.165, 1.54) is 186 Å². The van der Waals surface area contributed by atoms with Crippen LogP contribution in [-0.4, -0.2) is 75.5 Å². The first-order chi connectivity index (χ1) is 30.6. The predicted octanol–water partition coefficient (Wildman–Crippen LogP) is 14.3. The molecule has 0 spiro atoms. The van der Waals surface area contributed by atoms with E-state index in [1.807, 2.05) is 21.1 Å². The van der Waals surface area contributed by atoms with Crippen LogP contribution in [0, 0.1) is 0 Å². The van der Waals surface area contributed by atoms with E-state index < -0.39 is 18.1 Å². The van der Waals surface area contributed by atoms with Gasteiger partial charge in [0.2, 0.25) is 0 Å². The number of aliphatic carboxylic acids is 1. The van der Waals surface area contributed by atoms with E-state index in [2.05, 4.69) is 38.2 Å². The van der Waals surface area contributed by atoms with Gasteiger partial charge in [-0.05, 0) is 38.5 Å². The number of hydrogen-bond donors (Lipinski definition) is 0. The normalized spacial score (nSPS) is 13.0. The fourth-order valence-corrected chi connectivity index (χ4v) is 8.18. The number of hydrogen-bond acceptors (Lipinski definition) is 7. The maximum Gasteiger partial charge on any atom is 0.306 e. The lowest BCUT2D eigenvalue weighted by Gasteiger charge is -2.34. The summed E-state index contributed by atoms with van der Waals surface area (Å²) in [4.78, 5) is 37.1. The summed E-state index contributed by atoms with van der Waals surface area (Å²) in [6, 6.07) is -0.724. The summed E-state index contributed by atoms with van der Waals surface area (Å²) in [6.45, 7) is 4.69. The zero-order valence-corrected chi connectivity index (χ0v) is 42.3. The number of carbonyl (C=O) groups excluding carboxylic acids is 3. The molecule has 0 aliphatic heterocycles. The third-order valence-corrected chi connectivity index (χ3v) is 12.4. The molecule has 0 aromatic heterocycles. The highest BCUT2D eigenvalue weighted by molar-refractivity contribution is 5.70. The number of ether oxygens (including phenoxy) is 3. The molecule has 0 aromatic carbocycles. The molecule has 0 N–H and O–H groups in total. The van der Waals surface area contributed by atoms with E-state index in [-0.39, 0.29) is 42.7 Å². The van der Waals surface area contributed by atoms with Crippen molar-refractivity contribution in [2.75, 3.05) is 41.0 Å². The Kier molecular flexibility index (Phi) is 44.7. The van der Waals surface area contributed by atoms with Crippen molar-refractivity contribution in [2.45, 2.75) is 270 Å². The molecule has 63 heavy (non-hydrogen) atoms. The number of quaternary nitrogens is 1. The molecule has 0 aliphatic rings. The van der Waals surface area contributed by atoms with E-state index in [0.717, 1.165) is 38.5 Å². The van der Waals surface area contributed by atoms with E-state index in [1.54, 1.807) is 0 Å². The van der Waals surface area contributed by atoms with Crippen LogP contribution >= 0.6 is 0 Å². The number of nitrogens with zero attached hydrogens (tertiary/aromatic N) is 1. The van der Waals surface area contributed by atoms with Gasteiger partial charge in [0, 0.05) is 19.3 Å². The SMILES string of the molecule is CCCCCC/C=C/C=C/CCCCCCCCCCCCC(=O)OC(COCCC(C(=O)[O-])[N+](C)(C)C)COC(=O)CCCCCCCCCCCCCCCCCCCCC. The summed E-state index contributed by atoms with van der Waals surface area (Å²) >= 11 is 0. The zero-order valence-electron chi connectivity index (χ0n) is 42.3. The van der Waals surface area contributed by atoms with Crippen LogP contribution in [0.4, 0.5) is 0 Å². The molecule has 0 bridgehead atoms. The maximum atomic E-state index is 12.8. The highest BCUT2D eigenvalue weighted by Crippen LogP contribution is 2.17. The summed E-state index contributed by atoms with van der Waals surface area (Å²) < 4.78 is 17.3. The highest BCUT2D eigenvalue weighted by Gasteiger charge is 2.25. The van der Waals surface area contributed by atoms with Crippen molar-refractivity contribution in [3.8, 4) is 0 Å². The number of carbonyl (C=O) groups is 3. The molecule has 0 rings (SSSR count). The molecule has 0 aliphatic carbocycles. The van der Waals surface area contributed by atoms with E-state index in [9.17, 15) is 19.5 Å². The van der Waals surface area contributed by atoms with Gasteiger partial charge < -0.3 is 28.6 Å². The quantitative estimate of drug-likeness (QED) is 0.0259. The van der Waals surface area contributed by atoms with Gasteiger partial charge in [-0.15, -0.1) is 0 Å². The van der Waals surface area contributed by atoms with Crippen LogP contribution in [0.25, 0.3) is 0 Å². The van der Waals surface area contributed by atoms with Crippen molar-refractivity contribution >= 4 is 17.9 Å². The van der Waals surface area contributed by atoms with Crippen molar-refractivity contribution < 1.29 is 38.2 Å². The third-order valence-electron chi connectivity index (χ3n) is 12.4. The first kappa shape index (κ1) is 60.8. The molecule has 2 unspecified atom stereocenters. The number of unbranched alkanes of at least 4 members (excludes halogenated alkanes) is 32. The van der Waals surface area contributed by atoms with Crippen molar-refractivity contribution in [2.24, 2.45) is 0 Å². The van der Waals surface area contributed by atoms with Crippen molar-refractivity contribution in [3.05, 3.63) is 24.3 Å². The van der Waals surface area contributed by atoms with Gasteiger partial charge in [0.15, 0.2) is 6.10 Å². The van der Waals surface area contributed by atoms with Gasteiger partial charge in [-0.1, -0.05) is 224 Å². The van der Waals surface area contributed by atoms with Crippen LogP contribution in [0.3, 0.4) is 0 Å². The topological polar surface area (TPSA) is 102 Å². The molecule has 0 amide bonds. The fraction of sp³-hybridized carbons (Fsp3) is 0.873. The Morgan fingerprint density at radius 3 is 1.21 bits per heavy atom. The molecule has 8 nitrogen and oxygen atoms in total. The minimum absolute atomic E-state index is 0.0441. The summed E-state index contributed by atoms with van der Waals surface area (Å²) in [5.74, 6) is -1.72. The van der Waals surface area contributed by atoms with Crippen molar-refractivity contribution in [1.29, 1.82) is 0 Å². The summed E-state index contributed by atoms with van der Waals surface area (Å²) in [5, 5.41) is 11.7. The average molecular weight is 890 g/mol. The lowest BCUT2D eigenvalue weighted by Crippen LogP contribution is -2.55. The van der Waals surface area contributed by atoms with Crippen LogP contribution in [0.15, 0.2) is 24.3 Å². The second-order valence-corrected chi connectivity index (χ2v) is 19.5. The largest absolute Gasteiger partial charge is 0.544 e. The first-order valence-corrected chi connectivity index (χ1v) is 26.9. The lowest BCUT2D eigenvalue weighted by molar-refractivity contribution is -0.889. The number of carboxylic acids is 1. The number of allylic oxidation sites excluding steroid dienone is 4. The summed E-state index contributed by atoms with van der Waals surface area (Å²) in [6.07, 6.45) is 53.5. The molecule has 0 heterocycles. The Bertz CT molecular complexity index is 1080. The highest BCUT2D eigenvalue weighted by atomic mass is 16.6. The average Bonchev–Trinajstić information content (AvgIpc) is 3.24. The van der Waals surface area contributed by atoms with Crippen molar-refractivity contribution in [1.82, 2.24) is 0 Å². The minimum Gasteiger partial charge on any atom is -0.544 e. The van der Waals surface area contributed by atoms with Crippen LogP contribution in [-0.2, 0) is 28.6 Å². The fourth-order valence-electron chi connectivity index (χ4n) is 8.18. The van der Waals surface area contributed by atoms with Gasteiger partial charge in [0.25, 0.3) is 0 Å². The number of likely N-dealkylation sites (N-methyl/N-ethyl adjacent to an activating group) is 1. The van der Waals surface area contributed by atoms with Crippen LogP contribution in [0.5, 0.6) is 0 Å². The molecular weight excluding hydrogens is 787 g/mol. The molecule has 370 valence electrons. The minimum atomic E-state index is -1.12. The second-order valence-electron chi connectivity index (χ2n) is 19.5. The Balaban J connectivity index is 4.19. The van der Waals surface area contributed by atoms with E-state index in [4.69, 9.17) is 14.2 Å². The molecule has 0 fully saturated rings. The van der Waals surface area contributed by atoms with Crippen LogP contribution < -0.4 is 5.11 Å². The molecule has 0 saturated heterocycles. The maximum absolute atomic E-state index is 12.8. The zero-order chi connectivity index (χ0) is 46.3. The van der Waals surface area contributed by atoms with Gasteiger partial charge in [-0.3, -0.25) is 9.59 Å². The Labute approximate surface area is 390 Å². The Hall–Kier alpha value is -2.19. The van der Waals surface area contributed by atoms with Gasteiger partial charge in [-0.25, -0.2) is 0 Å². The molecule has 0 radical (unpaired) electrons. The molecular formula is C55H103NO7. The van der Waals surface area contributed by atoms with Gasteiger partial charge in [0.1, 0.15) is 12.6 Å². The third kappa shape index (κ3) is 44.8. The number of esters is 2. The number of carboxylic acid groups (broad SMARTS) is 1. The first-order valence-electron chi connectivity index (χ1n) is 26.9. The summed E-state index contributed by atoms with van der Waals surface area (Å²) in [5.41, 5.74) is 0. The Morgan fingerprint density at radius 2 is 0.825 bits per heavy atom. The van der Waals surface area contributed by atoms with Crippen LogP contribution in [0.1, 0.15) is 258 Å². The van der Waals surface area contributed by atoms with E-state index in [0.29, 0.717) is 12.8 Å². The number of rotatable bonds is 49. The van der Waals surface area contributed by atoms with Crippen molar-refractivity contribution in [3.63, 3.8) is 0 Å². The Morgan fingerprint density at radius 1 is 0.476 bits per heavy atom. The molecule has 0 aromatic rings. The molecule has 2 atom stereocenters. The monoisotopic (exact) mass is 890 g/mol. The second kappa shape index (κ2) is 46.3. The van der Waals surface area contributed by atoms with Gasteiger partial charge in [0.05, 0.1) is 40.3 Å². The smallest absolute Gasteiger partial charge is 0.306 e. The van der Waals surface area contributed by atoms with E-state index >= 15 is 0 Å². The standard InChI is InChI=1S/C55H103NO7/c1-6-8-10-12-14-16-18-20-22-24-26-28-30-32-34-36-38-40-42-44-46-54(58)63-51(49-61-48-47-52(55(59)60)56(3,4)5)50-62-53(57)45-43-41-39-37-35-33-31-29-27-25-23-21-19-17-15-13-11-9-7-2/h16,18,20,22,51-52H,6-15,17,19,21,23-50H2,1-5H3/b18-16+,22-20+. The molecule has 0 saturated carbocycles. The van der Waals surface area contributed by atoms with Gasteiger partial charge >= 0.3 is 11.9 Å². The van der Waals surface area contributed by atoms with Gasteiger partial charge in [-0.2, -0.15) is 0 Å². The summed E-state index contributed by atoms with van der Waals surface area (Å²) in [7, 11) is 5.43. The predicted molar refractivity (Wildman–Crippen MR) is 264 cm³/mol. The lowest BCUT2D eigenvalue weighted by atomic mass is 10.0.